The minimum atomic E-state index is -1.09. The molecule has 0 aliphatic heterocycles. The Kier molecular flexibility index (Phi) is 5.86. The van der Waals surface area contributed by atoms with Gasteiger partial charge in [-0.2, -0.15) is 0 Å². The van der Waals surface area contributed by atoms with Crippen LogP contribution in [0.5, 0.6) is 5.75 Å². The lowest BCUT2D eigenvalue weighted by Crippen LogP contribution is -2.46. The van der Waals surface area contributed by atoms with E-state index in [9.17, 15) is 4.79 Å². The molecule has 0 spiro atoms. The molecule has 164 valence electrons. The second kappa shape index (κ2) is 8.60. The Hall–Kier alpha value is -3.43. The largest absolute Gasteiger partial charge is 0.478 e. The monoisotopic (exact) mass is 468 g/mol. The zero-order valence-corrected chi connectivity index (χ0v) is 19.0. The number of amidine groups is 1. The number of aromatic nitrogens is 3. The Morgan fingerprint density at radius 2 is 2.03 bits per heavy atom. The van der Waals surface area contributed by atoms with Crippen molar-refractivity contribution < 1.29 is 9.53 Å². The molecule has 4 aromatic rings. The van der Waals surface area contributed by atoms with Crippen molar-refractivity contribution in [3.8, 4) is 11.4 Å². The SMILES string of the molecule is CC(C)(Oc1ccc(Cl)cc1)C(=O)NCc1cn(-c2cccc3sc(C(=N)N)cc23)nn1. The van der Waals surface area contributed by atoms with Gasteiger partial charge in [-0.3, -0.25) is 10.2 Å². The molecule has 0 atom stereocenters. The fourth-order valence-corrected chi connectivity index (χ4v) is 4.17. The molecule has 0 aliphatic rings. The first-order valence-corrected chi connectivity index (χ1v) is 10.9. The number of ether oxygens (including phenoxy) is 1. The van der Waals surface area contributed by atoms with Crippen LogP contribution in [-0.4, -0.2) is 32.3 Å². The van der Waals surface area contributed by atoms with E-state index in [1.165, 1.54) is 11.3 Å². The molecule has 2 heterocycles. The smallest absolute Gasteiger partial charge is 0.263 e. The van der Waals surface area contributed by atoms with E-state index in [4.69, 9.17) is 27.5 Å². The number of nitrogen functional groups attached to an aromatic ring is 1. The molecule has 0 saturated heterocycles. The second-order valence-electron chi connectivity index (χ2n) is 7.62. The first kappa shape index (κ1) is 21.8. The highest BCUT2D eigenvalue weighted by molar-refractivity contribution is 7.20. The summed E-state index contributed by atoms with van der Waals surface area (Å²) in [4.78, 5) is 13.4. The van der Waals surface area contributed by atoms with Crippen molar-refractivity contribution in [2.75, 3.05) is 0 Å². The van der Waals surface area contributed by atoms with Crippen LogP contribution in [-0.2, 0) is 11.3 Å². The van der Waals surface area contributed by atoms with E-state index in [-0.39, 0.29) is 18.3 Å². The summed E-state index contributed by atoms with van der Waals surface area (Å²) in [6, 6.07) is 14.5. The van der Waals surface area contributed by atoms with Crippen LogP contribution < -0.4 is 15.8 Å². The van der Waals surface area contributed by atoms with Crippen molar-refractivity contribution in [2.24, 2.45) is 5.73 Å². The molecule has 4 N–H and O–H groups in total. The van der Waals surface area contributed by atoms with Gasteiger partial charge < -0.3 is 15.8 Å². The molecular formula is C22H21ClN6O2S. The maximum atomic E-state index is 12.7. The standard InChI is InChI=1S/C22H21ClN6O2S/c1-22(2,31-15-8-6-13(23)7-9-15)21(30)26-11-14-12-29(28-27-14)17-4-3-5-18-16(17)10-19(32-18)20(24)25/h3-10,12H,11H2,1-2H3,(H3,24,25)(H,26,30). The highest BCUT2D eigenvalue weighted by Gasteiger charge is 2.30. The Labute approximate surface area is 193 Å². The van der Waals surface area contributed by atoms with Crippen LogP contribution in [0, 0.1) is 5.41 Å². The fourth-order valence-electron chi connectivity index (χ4n) is 3.10. The summed E-state index contributed by atoms with van der Waals surface area (Å²) in [6.07, 6.45) is 1.76. The van der Waals surface area contributed by atoms with E-state index in [2.05, 4.69) is 15.6 Å². The van der Waals surface area contributed by atoms with Crippen LogP contribution in [0.25, 0.3) is 15.8 Å². The Morgan fingerprint density at radius 3 is 2.75 bits per heavy atom. The fraction of sp³-hybridized carbons (Fsp3) is 0.182. The lowest BCUT2D eigenvalue weighted by atomic mass is 10.1. The third kappa shape index (κ3) is 4.58. The summed E-state index contributed by atoms with van der Waals surface area (Å²) in [5, 5.41) is 20.4. The zero-order chi connectivity index (χ0) is 22.9. The lowest BCUT2D eigenvalue weighted by molar-refractivity contribution is -0.134. The topological polar surface area (TPSA) is 119 Å². The van der Waals surface area contributed by atoms with E-state index in [1.54, 1.807) is 49.0 Å². The highest BCUT2D eigenvalue weighted by atomic mass is 35.5. The average molecular weight is 469 g/mol. The number of thiophene rings is 1. The summed E-state index contributed by atoms with van der Waals surface area (Å²) >= 11 is 7.34. The molecule has 4 rings (SSSR count). The van der Waals surface area contributed by atoms with Gasteiger partial charge in [0.15, 0.2) is 5.60 Å². The van der Waals surface area contributed by atoms with Crippen LogP contribution in [0.2, 0.25) is 5.02 Å². The van der Waals surface area contributed by atoms with Crippen LogP contribution in [0.15, 0.2) is 54.7 Å². The van der Waals surface area contributed by atoms with Gasteiger partial charge in [0.05, 0.1) is 23.3 Å². The quantitative estimate of drug-likeness (QED) is 0.281. The van der Waals surface area contributed by atoms with Gasteiger partial charge in [0.2, 0.25) is 0 Å². The maximum Gasteiger partial charge on any atom is 0.263 e. The number of fused-ring (bicyclic) bond motifs is 1. The molecule has 10 heteroatoms. The number of carbonyl (C=O) groups is 1. The van der Waals surface area contributed by atoms with Gasteiger partial charge >= 0.3 is 0 Å². The van der Waals surface area contributed by atoms with Crippen LogP contribution >= 0.6 is 22.9 Å². The molecule has 0 unspecified atom stereocenters. The first-order chi connectivity index (χ1) is 15.2. The molecule has 2 aromatic heterocycles. The number of hydrogen-bond donors (Lipinski definition) is 3. The summed E-state index contributed by atoms with van der Waals surface area (Å²) in [6.45, 7) is 3.58. The Bertz CT molecular complexity index is 1300. The van der Waals surface area contributed by atoms with Crippen molar-refractivity contribution >= 4 is 44.8 Å². The van der Waals surface area contributed by atoms with Crippen LogP contribution in [0.4, 0.5) is 0 Å². The van der Waals surface area contributed by atoms with Crippen molar-refractivity contribution in [3.63, 3.8) is 0 Å². The lowest BCUT2D eigenvalue weighted by Gasteiger charge is -2.25. The number of nitrogens with two attached hydrogens (primary N) is 1. The van der Waals surface area contributed by atoms with Crippen LogP contribution in [0.1, 0.15) is 24.4 Å². The molecule has 8 nitrogen and oxygen atoms in total. The van der Waals surface area contributed by atoms with Crippen molar-refractivity contribution in [1.29, 1.82) is 5.41 Å². The van der Waals surface area contributed by atoms with Gasteiger partial charge in [-0.1, -0.05) is 22.9 Å². The number of nitrogens with one attached hydrogen (secondary N) is 2. The normalized spacial score (nSPS) is 11.5. The summed E-state index contributed by atoms with van der Waals surface area (Å²) in [5.41, 5.74) is 5.96. The zero-order valence-electron chi connectivity index (χ0n) is 17.4. The number of benzene rings is 2. The van der Waals surface area contributed by atoms with Gasteiger partial charge in [0.1, 0.15) is 17.3 Å². The number of amides is 1. The Morgan fingerprint density at radius 1 is 1.28 bits per heavy atom. The predicted molar refractivity (Wildman–Crippen MR) is 126 cm³/mol. The second-order valence-corrected chi connectivity index (χ2v) is 9.14. The molecule has 0 saturated carbocycles. The molecular weight excluding hydrogens is 448 g/mol. The third-order valence-electron chi connectivity index (χ3n) is 4.76. The van der Waals surface area contributed by atoms with Crippen molar-refractivity contribution in [2.45, 2.75) is 26.0 Å². The molecule has 2 aromatic carbocycles. The third-order valence-corrected chi connectivity index (χ3v) is 6.14. The molecule has 32 heavy (non-hydrogen) atoms. The number of halogens is 1. The molecule has 0 radical (unpaired) electrons. The Balaban J connectivity index is 1.45. The molecule has 0 aliphatic carbocycles. The minimum absolute atomic E-state index is 0.0302. The van der Waals surface area contributed by atoms with E-state index >= 15 is 0 Å². The van der Waals surface area contributed by atoms with Crippen LogP contribution in [0.3, 0.4) is 0 Å². The van der Waals surface area contributed by atoms with E-state index in [1.807, 2.05) is 24.3 Å². The average Bonchev–Trinajstić information content (AvgIpc) is 3.40. The van der Waals surface area contributed by atoms with Gasteiger partial charge in [0, 0.05) is 15.1 Å². The van der Waals surface area contributed by atoms with Gasteiger partial charge in [-0.15, -0.1) is 16.4 Å². The molecule has 0 bridgehead atoms. The van der Waals surface area contributed by atoms with Gasteiger partial charge in [-0.05, 0) is 56.3 Å². The van der Waals surface area contributed by atoms with E-state index in [0.717, 1.165) is 15.8 Å². The minimum Gasteiger partial charge on any atom is -0.478 e. The number of hydrogen-bond acceptors (Lipinski definition) is 6. The number of rotatable bonds is 7. The first-order valence-electron chi connectivity index (χ1n) is 9.74. The summed E-state index contributed by atoms with van der Waals surface area (Å²) in [5.74, 6) is 0.296. The van der Waals surface area contributed by atoms with Crippen molar-refractivity contribution in [3.05, 3.63) is 70.3 Å². The number of carbonyl (C=O) groups excluding carboxylic acids is 1. The predicted octanol–water partition coefficient (Wildman–Crippen LogP) is 3.89. The maximum absolute atomic E-state index is 12.7. The molecule has 1 amide bonds. The van der Waals surface area contributed by atoms with E-state index < -0.39 is 5.60 Å². The summed E-state index contributed by atoms with van der Waals surface area (Å²) in [7, 11) is 0. The highest BCUT2D eigenvalue weighted by Crippen LogP contribution is 2.30. The molecule has 0 fully saturated rings. The van der Waals surface area contributed by atoms with E-state index in [0.29, 0.717) is 21.3 Å². The summed E-state index contributed by atoms with van der Waals surface area (Å²) < 4.78 is 8.46. The van der Waals surface area contributed by atoms with Gasteiger partial charge in [0.25, 0.3) is 5.91 Å². The van der Waals surface area contributed by atoms with Crippen molar-refractivity contribution in [1.82, 2.24) is 20.3 Å². The van der Waals surface area contributed by atoms with Gasteiger partial charge in [-0.25, -0.2) is 4.68 Å². The number of nitrogens with zero attached hydrogens (tertiary/aromatic N) is 3.